The number of carbonyl (C=O) groups excluding carboxylic acids is 1. The van der Waals surface area contributed by atoms with Crippen molar-refractivity contribution in [1.82, 2.24) is 0 Å². The van der Waals surface area contributed by atoms with Gasteiger partial charge in [0.1, 0.15) is 0 Å². The van der Waals surface area contributed by atoms with Gasteiger partial charge in [-0.1, -0.05) is 27.4 Å². The Morgan fingerprint density at radius 3 is 2.31 bits per heavy atom. The number of hydrogen-bond acceptors (Lipinski definition) is 2. The van der Waals surface area contributed by atoms with Crippen LogP contribution in [-0.2, 0) is 9.53 Å². The molecule has 0 unspecified atom stereocenters. The van der Waals surface area contributed by atoms with Gasteiger partial charge in [0.2, 0.25) is 0 Å². The van der Waals surface area contributed by atoms with Gasteiger partial charge >= 0.3 is 5.97 Å². The van der Waals surface area contributed by atoms with Crippen molar-refractivity contribution >= 4 is 5.97 Å². The molecule has 13 heavy (non-hydrogen) atoms. The molecule has 0 heterocycles. The van der Waals surface area contributed by atoms with E-state index in [4.69, 9.17) is 4.74 Å². The summed E-state index contributed by atoms with van der Waals surface area (Å²) < 4.78 is 4.86. The van der Waals surface area contributed by atoms with Gasteiger partial charge in [-0.25, -0.2) is 4.79 Å². The van der Waals surface area contributed by atoms with Gasteiger partial charge in [-0.05, 0) is 18.8 Å². The molecule has 0 N–H and O–H groups in total. The summed E-state index contributed by atoms with van der Waals surface area (Å²) in [5.74, 6) is -0.299. The third-order valence-corrected chi connectivity index (χ3v) is 1.44. The molecule has 0 spiro atoms. The fourth-order valence-corrected chi connectivity index (χ4v) is 0.955. The molecule has 0 aromatic rings. The normalized spacial score (nSPS) is 10.5. The van der Waals surface area contributed by atoms with Crippen molar-refractivity contribution in [1.29, 1.82) is 0 Å². The van der Waals surface area contributed by atoms with Gasteiger partial charge in [0.15, 0.2) is 0 Å². The van der Waals surface area contributed by atoms with E-state index >= 15 is 0 Å². The lowest BCUT2D eigenvalue weighted by Crippen LogP contribution is -2.14. The summed E-state index contributed by atoms with van der Waals surface area (Å²) in [7, 11) is 0. The minimum absolute atomic E-state index is 0.0623. The Morgan fingerprint density at radius 1 is 1.46 bits per heavy atom. The Balaban J connectivity index is 4.39. The monoisotopic (exact) mass is 182 g/mol. The number of ether oxygens (including phenoxy) is 1. The minimum Gasteiger partial charge on any atom is -0.462 e. The van der Waals surface area contributed by atoms with E-state index in [0.717, 1.165) is 0 Å². The topological polar surface area (TPSA) is 26.3 Å². The Hall–Kier alpha value is -1.01. The second-order valence-electron chi connectivity index (χ2n) is 4.11. The molecule has 0 amide bonds. The number of hydrogen-bond donors (Lipinski definition) is 0. The molecule has 0 aromatic heterocycles. The highest BCUT2D eigenvalue weighted by atomic mass is 16.5. The fourth-order valence-electron chi connectivity index (χ4n) is 0.955. The molecule has 0 rings (SSSR count). The molecule has 0 aliphatic heterocycles. The quantitative estimate of drug-likeness (QED) is 0.381. The molecule has 0 aliphatic rings. The molecular weight excluding hydrogens is 164 g/mol. The predicted molar refractivity (Wildman–Crippen MR) is 53.4 cm³/mol. The number of rotatable bonds is 3. The van der Waals surface area contributed by atoms with Gasteiger partial charge in [0.05, 0.1) is 12.2 Å². The third kappa shape index (κ3) is 5.26. The molecule has 0 atom stereocenters. The summed E-state index contributed by atoms with van der Waals surface area (Å²) >= 11 is 0. The van der Waals surface area contributed by atoms with E-state index < -0.39 is 0 Å². The van der Waals surface area contributed by atoms with Crippen LogP contribution in [0.1, 0.15) is 34.1 Å². The molecule has 0 fully saturated rings. The second-order valence-corrected chi connectivity index (χ2v) is 4.11. The molecule has 0 saturated carbocycles. The lowest BCUT2D eigenvalue weighted by molar-refractivity contribution is -0.138. The van der Waals surface area contributed by atoms with Crippen molar-refractivity contribution in [3.63, 3.8) is 0 Å². The minimum atomic E-state index is -0.299. The standard InChI is InChI=1S/C11H18O2/c1-6-9(8-11(3,4)5)10(12)13-7-2/h1,7-8H2,2-5H3. The zero-order chi connectivity index (χ0) is 10.5. The maximum Gasteiger partial charge on any atom is 0.341 e. The maximum atomic E-state index is 11.3. The van der Waals surface area contributed by atoms with E-state index in [0.29, 0.717) is 18.6 Å². The molecule has 0 radical (unpaired) electrons. The van der Waals surface area contributed by atoms with Crippen LogP contribution in [-0.4, -0.2) is 12.6 Å². The fraction of sp³-hybridized carbons (Fsp3) is 0.636. The van der Waals surface area contributed by atoms with Crippen molar-refractivity contribution in [2.24, 2.45) is 5.41 Å². The van der Waals surface area contributed by atoms with Crippen LogP contribution in [0.25, 0.3) is 0 Å². The molecule has 0 saturated heterocycles. The van der Waals surface area contributed by atoms with Crippen LogP contribution in [0.15, 0.2) is 17.9 Å². The van der Waals surface area contributed by atoms with E-state index in [1.54, 1.807) is 6.92 Å². The van der Waals surface area contributed by atoms with Crippen molar-refractivity contribution in [3.05, 3.63) is 17.9 Å². The van der Waals surface area contributed by atoms with Gasteiger partial charge in [-0.15, -0.1) is 5.73 Å². The molecule has 2 nitrogen and oxygen atoms in total. The van der Waals surface area contributed by atoms with E-state index in [1.165, 1.54) is 0 Å². The highest BCUT2D eigenvalue weighted by molar-refractivity contribution is 5.88. The molecule has 74 valence electrons. The van der Waals surface area contributed by atoms with Gasteiger partial charge in [0, 0.05) is 0 Å². The molecule has 0 bridgehead atoms. The van der Waals surface area contributed by atoms with Crippen molar-refractivity contribution in [2.45, 2.75) is 34.1 Å². The van der Waals surface area contributed by atoms with Crippen molar-refractivity contribution < 1.29 is 9.53 Å². The summed E-state index contributed by atoms with van der Waals surface area (Å²) in [5, 5.41) is 0. The Morgan fingerprint density at radius 2 is 2.00 bits per heavy atom. The Kier molecular flexibility index (Phi) is 4.50. The summed E-state index contributed by atoms with van der Waals surface area (Å²) in [6.07, 6.45) is 0.648. The van der Waals surface area contributed by atoms with Crippen LogP contribution in [0, 0.1) is 5.41 Å². The first kappa shape index (κ1) is 12.0. The predicted octanol–water partition coefficient (Wildman–Crippen LogP) is 2.70. The Bertz CT molecular complexity index is 227. The largest absolute Gasteiger partial charge is 0.462 e. The van der Waals surface area contributed by atoms with Gasteiger partial charge in [-0.2, -0.15) is 0 Å². The van der Waals surface area contributed by atoms with E-state index in [-0.39, 0.29) is 11.4 Å². The SMILES string of the molecule is C=C=C(CC(C)(C)C)C(=O)OCC. The average Bonchev–Trinajstić information content (AvgIpc) is 1.99. The highest BCUT2D eigenvalue weighted by Gasteiger charge is 2.18. The summed E-state index contributed by atoms with van der Waals surface area (Å²) in [6.45, 7) is 11.8. The van der Waals surface area contributed by atoms with E-state index in [9.17, 15) is 4.79 Å². The number of carbonyl (C=O) groups is 1. The lowest BCUT2D eigenvalue weighted by Gasteiger charge is -2.18. The third-order valence-electron chi connectivity index (χ3n) is 1.44. The molecule has 0 aromatic carbocycles. The smallest absolute Gasteiger partial charge is 0.341 e. The van der Waals surface area contributed by atoms with Gasteiger partial charge in [0.25, 0.3) is 0 Å². The van der Waals surface area contributed by atoms with E-state index in [2.05, 4.69) is 33.1 Å². The highest BCUT2D eigenvalue weighted by Crippen LogP contribution is 2.23. The first-order valence-corrected chi connectivity index (χ1v) is 4.46. The van der Waals surface area contributed by atoms with Crippen molar-refractivity contribution in [3.8, 4) is 0 Å². The van der Waals surface area contributed by atoms with Crippen molar-refractivity contribution in [2.75, 3.05) is 6.61 Å². The average molecular weight is 182 g/mol. The maximum absolute atomic E-state index is 11.3. The van der Waals surface area contributed by atoms with Crippen LogP contribution in [0.3, 0.4) is 0 Å². The Labute approximate surface area is 80.3 Å². The van der Waals surface area contributed by atoms with Crippen LogP contribution < -0.4 is 0 Å². The summed E-state index contributed by atoms with van der Waals surface area (Å²) in [5.41, 5.74) is 3.23. The first-order valence-electron chi connectivity index (χ1n) is 4.46. The van der Waals surface area contributed by atoms with Gasteiger partial charge in [-0.3, -0.25) is 0 Å². The lowest BCUT2D eigenvalue weighted by atomic mass is 9.88. The van der Waals surface area contributed by atoms with Crippen LogP contribution >= 0.6 is 0 Å². The van der Waals surface area contributed by atoms with Crippen LogP contribution in [0.5, 0.6) is 0 Å². The molecule has 0 aliphatic carbocycles. The first-order chi connectivity index (χ1) is 5.90. The van der Waals surface area contributed by atoms with E-state index in [1.807, 2.05) is 0 Å². The summed E-state index contributed by atoms with van der Waals surface area (Å²) in [4.78, 5) is 11.3. The molecular formula is C11H18O2. The van der Waals surface area contributed by atoms with Crippen LogP contribution in [0.4, 0.5) is 0 Å². The van der Waals surface area contributed by atoms with Crippen LogP contribution in [0.2, 0.25) is 0 Å². The second kappa shape index (κ2) is 4.88. The molecule has 2 heteroatoms. The summed E-state index contributed by atoms with van der Waals surface area (Å²) in [6, 6.07) is 0. The zero-order valence-corrected chi connectivity index (χ0v) is 8.94. The van der Waals surface area contributed by atoms with Gasteiger partial charge < -0.3 is 4.74 Å². The zero-order valence-electron chi connectivity index (χ0n) is 8.94. The number of esters is 1.